The zero-order chi connectivity index (χ0) is 13.8. The van der Waals surface area contributed by atoms with Crippen LogP contribution in [0.2, 0.25) is 0 Å². The van der Waals surface area contributed by atoms with Gasteiger partial charge in [-0.3, -0.25) is 4.79 Å². The van der Waals surface area contributed by atoms with Crippen LogP contribution in [0.5, 0.6) is 0 Å². The molecule has 0 aromatic carbocycles. The van der Waals surface area contributed by atoms with Gasteiger partial charge in [0.15, 0.2) is 5.92 Å². The number of rotatable bonds is 10. The van der Waals surface area contributed by atoms with E-state index < -0.39 is 11.9 Å². The van der Waals surface area contributed by atoms with Crippen molar-refractivity contribution >= 4 is 12.3 Å². The number of aldehydes is 1. The van der Waals surface area contributed by atoms with Gasteiger partial charge >= 0.3 is 5.97 Å². The molecule has 0 saturated carbocycles. The summed E-state index contributed by atoms with van der Waals surface area (Å²) in [5.74, 6) is -1.54. The normalized spacial score (nSPS) is 13.1. The Morgan fingerprint density at radius 1 is 1.22 bits per heavy atom. The van der Waals surface area contributed by atoms with Crippen molar-refractivity contribution in [3.8, 4) is 0 Å². The molecule has 18 heavy (non-hydrogen) atoms. The molecule has 0 fully saturated rings. The lowest BCUT2D eigenvalue weighted by atomic mass is 10.0. The van der Waals surface area contributed by atoms with Gasteiger partial charge in [0, 0.05) is 5.70 Å². The van der Waals surface area contributed by atoms with E-state index >= 15 is 0 Å². The maximum absolute atomic E-state index is 11.2. The molecule has 4 heteroatoms. The molecular formula is C14H25NO3. The van der Waals surface area contributed by atoms with Crippen molar-refractivity contribution < 1.29 is 14.3 Å². The highest BCUT2D eigenvalue weighted by Crippen LogP contribution is 2.10. The molecule has 2 N–H and O–H groups in total. The highest BCUT2D eigenvalue weighted by atomic mass is 16.5. The second-order valence-corrected chi connectivity index (χ2v) is 4.40. The average Bonchev–Trinajstić information content (AvgIpc) is 2.38. The van der Waals surface area contributed by atoms with Crippen LogP contribution >= 0.6 is 0 Å². The van der Waals surface area contributed by atoms with Crippen LogP contribution in [0, 0.1) is 5.92 Å². The fraction of sp³-hybridized carbons (Fsp3) is 0.714. The van der Waals surface area contributed by atoms with Crippen LogP contribution in [0.15, 0.2) is 11.8 Å². The number of carbonyl (C=O) groups excluding carboxylic acids is 2. The topological polar surface area (TPSA) is 69.4 Å². The van der Waals surface area contributed by atoms with Crippen molar-refractivity contribution in [2.75, 3.05) is 7.11 Å². The molecular weight excluding hydrogens is 230 g/mol. The molecule has 0 aliphatic heterocycles. The van der Waals surface area contributed by atoms with Gasteiger partial charge in [-0.2, -0.15) is 0 Å². The van der Waals surface area contributed by atoms with Crippen molar-refractivity contribution in [1.82, 2.24) is 0 Å². The SMILES string of the molecule is CCCCCCCC/C=C(/N)C(C=O)C(=O)OC. The third kappa shape index (κ3) is 7.09. The summed E-state index contributed by atoms with van der Waals surface area (Å²) in [6.07, 6.45) is 10.3. The van der Waals surface area contributed by atoms with Crippen LogP contribution in [-0.2, 0) is 14.3 Å². The van der Waals surface area contributed by atoms with Crippen LogP contribution in [0.3, 0.4) is 0 Å². The predicted molar refractivity (Wildman–Crippen MR) is 71.8 cm³/mol. The Morgan fingerprint density at radius 3 is 2.39 bits per heavy atom. The van der Waals surface area contributed by atoms with Gasteiger partial charge in [-0.25, -0.2) is 0 Å². The Hall–Kier alpha value is -1.32. The van der Waals surface area contributed by atoms with Crippen molar-refractivity contribution in [3.05, 3.63) is 11.8 Å². The first-order valence-corrected chi connectivity index (χ1v) is 6.66. The third-order valence-corrected chi connectivity index (χ3v) is 2.89. The number of nitrogens with two attached hydrogens (primary N) is 1. The van der Waals surface area contributed by atoms with Crippen LogP contribution in [0.25, 0.3) is 0 Å². The predicted octanol–water partition coefficient (Wildman–Crippen LogP) is 2.57. The Kier molecular flexibility index (Phi) is 10.0. The number of hydrogen-bond acceptors (Lipinski definition) is 4. The zero-order valence-corrected chi connectivity index (χ0v) is 11.5. The van der Waals surface area contributed by atoms with Crippen LogP contribution in [-0.4, -0.2) is 19.4 Å². The summed E-state index contributed by atoms with van der Waals surface area (Å²) in [6.45, 7) is 2.19. The molecule has 0 aliphatic carbocycles. The minimum atomic E-state index is -0.949. The van der Waals surface area contributed by atoms with Crippen molar-refractivity contribution in [2.45, 2.75) is 51.9 Å². The molecule has 0 amide bonds. The van der Waals surface area contributed by atoms with Gasteiger partial charge < -0.3 is 15.3 Å². The highest BCUT2D eigenvalue weighted by molar-refractivity contribution is 5.90. The Bertz CT molecular complexity index is 274. The van der Waals surface area contributed by atoms with Crippen LogP contribution in [0.1, 0.15) is 51.9 Å². The molecule has 1 unspecified atom stereocenters. The Morgan fingerprint density at radius 2 is 1.83 bits per heavy atom. The first-order chi connectivity index (χ1) is 8.67. The van der Waals surface area contributed by atoms with E-state index in [0.717, 1.165) is 19.3 Å². The summed E-state index contributed by atoms with van der Waals surface area (Å²) >= 11 is 0. The van der Waals surface area contributed by atoms with E-state index in [4.69, 9.17) is 5.73 Å². The van der Waals surface area contributed by atoms with E-state index in [1.54, 1.807) is 6.08 Å². The number of esters is 1. The second-order valence-electron chi connectivity index (χ2n) is 4.40. The molecule has 104 valence electrons. The second kappa shape index (κ2) is 10.8. The summed E-state index contributed by atoms with van der Waals surface area (Å²) in [5.41, 5.74) is 5.99. The van der Waals surface area contributed by atoms with Gasteiger partial charge in [-0.1, -0.05) is 45.1 Å². The smallest absolute Gasteiger partial charge is 0.321 e. The lowest BCUT2D eigenvalue weighted by Crippen LogP contribution is -2.24. The summed E-state index contributed by atoms with van der Waals surface area (Å²) in [4.78, 5) is 21.9. The summed E-state index contributed by atoms with van der Waals surface area (Å²) in [6, 6.07) is 0. The fourth-order valence-corrected chi connectivity index (χ4v) is 1.72. The Labute approximate surface area is 110 Å². The lowest BCUT2D eigenvalue weighted by molar-refractivity contribution is -0.145. The van der Waals surface area contributed by atoms with E-state index in [2.05, 4.69) is 11.7 Å². The highest BCUT2D eigenvalue weighted by Gasteiger charge is 2.20. The lowest BCUT2D eigenvalue weighted by Gasteiger charge is -2.08. The van der Waals surface area contributed by atoms with Gasteiger partial charge in [-0.05, 0) is 12.8 Å². The monoisotopic (exact) mass is 255 g/mol. The van der Waals surface area contributed by atoms with Gasteiger partial charge in [0.25, 0.3) is 0 Å². The molecule has 0 aromatic heterocycles. The van der Waals surface area contributed by atoms with Crippen molar-refractivity contribution in [3.63, 3.8) is 0 Å². The molecule has 0 heterocycles. The molecule has 0 aromatic rings. The largest absolute Gasteiger partial charge is 0.468 e. The molecule has 0 spiro atoms. The number of methoxy groups -OCH3 is 1. The maximum Gasteiger partial charge on any atom is 0.321 e. The van der Waals surface area contributed by atoms with E-state index in [0.29, 0.717) is 12.0 Å². The average molecular weight is 255 g/mol. The maximum atomic E-state index is 11.2. The number of allylic oxidation sites excluding steroid dienone is 1. The van der Waals surface area contributed by atoms with Crippen molar-refractivity contribution in [1.29, 1.82) is 0 Å². The number of carbonyl (C=O) groups is 2. The van der Waals surface area contributed by atoms with Gasteiger partial charge in [0.05, 0.1) is 7.11 Å². The quantitative estimate of drug-likeness (QED) is 0.282. The minimum absolute atomic E-state index is 0.297. The van der Waals surface area contributed by atoms with Gasteiger partial charge in [0.1, 0.15) is 6.29 Å². The van der Waals surface area contributed by atoms with E-state index in [1.807, 2.05) is 0 Å². The summed E-state index contributed by atoms with van der Waals surface area (Å²) in [5, 5.41) is 0. The van der Waals surface area contributed by atoms with Gasteiger partial charge in [-0.15, -0.1) is 0 Å². The molecule has 0 aliphatic rings. The number of ether oxygens (including phenoxy) is 1. The standard InChI is InChI=1S/C14H25NO3/c1-3-4-5-6-7-8-9-10-13(15)12(11-16)14(17)18-2/h10-12H,3-9,15H2,1-2H3/b13-10+. The minimum Gasteiger partial charge on any atom is -0.468 e. The van der Waals surface area contributed by atoms with Crippen molar-refractivity contribution in [2.24, 2.45) is 11.7 Å². The number of hydrogen-bond donors (Lipinski definition) is 1. The third-order valence-electron chi connectivity index (χ3n) is 2.89. The van der Waals surface area contributed by atoms with Crippen LogP contribution in [0.4, 0.5) is 0 Å². The zero-order valence-electron chi connectivity index (χ0n) is 11.5. The van der Waals surface area contributed by atoms with Crippen LogP contribution < -0.4 is 5.73 Å². The molecule has 0 bridgehead atoms. The number of unbranched alkanes of at least 4 members (excludes halogenated alkanes) is 6. The van der Waals surface area contributed by atoms with E-state index in [9.17, 15) is 9.59 Å². The molecule has 1 atom stereocenters. The first-order valence-electron chi connectivity index (χ1n) is 6.66. The summed E-state index contributed by atoms with van der Waals surface area (Å²) < 4.78 is 4.51. The molecule has 0 radical (unpaired) electrons. The Balaban J connectivity index is 3.88. The fourth-order valence-electron chi connectivity index (χ4n) is 1.72. The summed E-state index contributed by atoms with van der Waals surface area (Å²) in [7, 11) is 1.25. The molecule has 4 nitrogen and oxygen atoms in total. The first kappa shape index (κ1) is 16.7. The van der Waals surface area contributed by atoms with Gasteiger partial charge in [0.2, 0.25) is 0 Å². The van der Waals surface area contributed by atoms with E-state index in [-0.39, 0.29) is 0 Å². The van der Waals surface area contributed by atoms with E-state index in [1.165, 1.54) is 32.8 Å². The molecule has 0 rings (SSSR count). The molecule has 0 saturated heterocycles.